The van der Waals surface area contributed by atoms with E-state index in [1.165, 1.54) is 22.6 Å². The summed E-state index contributed by atoms with van der Waals surface area (Å²) in [5.41, 5.74) is 3.69. The minimum Gasteiger partial charge on any atom is -0.374 e. The van der Waals surface area contributed by atoms with Crippen molar-refractivity contribution in [2.75, 3.05) is 18.5 Å². The molecule has 0 spiro atoms. The van der Waals surface area contributed by atoms with Crippen LogP contribution in [0.3, 0.4) is 0 Å². The Morgan fingerprint density at radius 1 is 1.32 bits per heavy atom. The number of carbonyl (C=O) groups is 2. The summed E-state index contributed by atoms with van der Waals surface area (Å²) in [6, 6.07) is 9.33. The molecule has 1 aliphatic rings. The second-order valence-electron chi connectivity index (χ2n) is 6.38. The summed E-state index contributed by atoms with van der Waals surface area (Å²) < 4.78 is 0. The van der Waals surface area contributed by atoms with Gasteiger partial charge in [-0.3, -0.25) is 9.59 Å². The zero-order valence-corrected chi connectivity index (χ0v) is 15.4. The number of hydrogen-bond donors (Lipinski definition) is 2. The van der Waals surface area contributed by atoms with Crippen molar-refractivity contribution in [2.24, 2.45) is 0 Å². The van der Waals surface area contributed by atoms with Gasteiger partial charge in [0.15, 0.2) is 0 Å². The highest BCUT2D eigenvalue weighted by atomic mass is 32.1. The summed E-state index contributed by atoms with van der Waals surface area (Å²) in [5.74, 6) is -0.394. The van der Waals surface area contributed by atoms with Crippen molar-refractivity contribution in [2.45, 2.75) is 32.4 Å². The van der Waals surface area contributed by atoms with Crippen LogP contribution in [0.25, 0.3) is 0 Å². The van der Waals surface area contributed by atoms with E-state index >= 15 is 0 Å². The van der Waals surface area contributed by atoms with Crippen molar-refractivity contribution in [3.8, 4) is 0 Å². The topological polar surface area (TPSA) is 61.4 Å². The van der Waals surface area contributed by atoms with E-state index in [0.717, 1.165) is 24.9 Å². The lowest BCUT2D eigenvalue weighted by Crippen LogP contribution is -2.44. The van der Waals surface area contributed by atoms with E-state index in [9.17, 15) is 9.59 Å². The van der Waals surface area contributed by atoms with Crippen LogP contribution in [-0.4, -0.2) is 31.4 Å². The molecule has 0 bridgehead atoms. The molecular weight excluding hydrogens is 334 g/mol. The maximum atomic E-state index is 12.2. The Kier molecular flexibility index (Phi) is 5.38. The van der Waals surface area contributed by atoms with Gasteiger partial charge in [-0.15, -0.1) is 11.3 Å². The molecule has 132 valence electrons. The van der Waals surface area contributed by atoms with Gasteiger partial charge in [0.2, 0.25) is 5.91 Å². The van der Waals surface area contributed by atoms with Crippen molar-refractivity contribution >= 4 is 28.8 Å². The molecule has 1 unspecified atom stereocenters. The van der Waals surface area contributed by atoms with Crippen molar-refractivity contribution in [3.63, 3.8) is 0 Å². The van der Waals surface area contributed by atoms with E-state index in [0.29, 0.717) is 11.4 Å². The molecule has 1 aromatic heterocycles. The highest BCUT2D eigenvalue weighted by Gasteiger charge is 2.18. The Morgan fingerprint density at radius 3 is 2.92 bits per heavy atom. The minimum atomic E-state index is -0.571. The zero-order valence-electron chi connectivity index (χ0n) is 14.5. The fourth-order valence-corrected chi connectivity index (χ4v) is 3.66. The van der Waals surface area contributed by atoms with Crippen LogP contribution in [0.15, 0.2) is 35.7 Å². The van der Waals surface area contributed by atoms with Gasteiger partial charge in [0, 0.05) is 25.8 Å². The van der Waals surface area contributed by atoms with Gasteiger partial charge < -0.3 is 15.5 Å². The maximum Gasteiger partial charge on any atom is 0.261 e. The first-order valence-corrected chi connectivity index (χ1v) is 9.37. The van der Waals surface area contributed by atoms with E-state index in [1.807, 2.05) is 11.4 Å². The van der Waals surface area contributed by atoms with Gasteiger partial charge in [0.1, 0.15) is 6.04 Å². The lowest BCUT2D eigenvalue weighted by Gasteiger charge is -2.27. The number of amides is 2. The second-order valence-corrected chi connectivity index (χ2v) is 7.33. The quantitative estimate of drug-likeness (QED) is 0.865. The molecule has 0 saturated carbocycles. The summed E-state index contributed by atoms with van der Waals surface area (Å²) in [5, 5.41) is 7.47. The van der Waals surface area contributed by atoms with Crippen LogP contribution < -0.4 is 15.5 Å². The molecule has 1 atom stereocenters. The van der Waals surface area contributed by atoms with Crippen molar-refractivity contribution in [3.05, 3.63) is 51.7 Å². The third-order valence-electron chi connectivity index (χ3n) is 4.45. The van der Waals surface area contributed by atoms with E-state index in [2.05, 4.69) is 40.8 Å². The predicted octanol–water partition coefficient (Wildman–Crippen LogP) is 2.57. The highest BCUT2D eigenvalue weighted by molar-refractivity contribution is 7.12. The van der Waals surface area contributed by atoms with Crippen molar-refractivity contribution in [1.82, 2.24) is 10.6 Å². The van der Waals surface area contributed by atoms with E-state index in [4.69, 9.17) is 0 Å². The zero-order chi connectivity index (χ0) is 17.8. The molecule has 2 heterocycles. The number of benzene rings is 1. The van der Waals surface area contributed by atoms with Gasteiger partial charge in [-0.1, -0.05) is 18.2 Å². The molecule has 6 heteroatoms. The summed E-state index contributed by atoms with van der Waals surface area (Å²) in [4.78, 5) is 27.1. The lowest BCUT2D eigenvalue weighted by molar-refractivity contribution is -0.122. The number of nitrogens with one attached hydrogen (secondary N) is 2. The smallest absolute Gasteiger partial charge is 0.261 e. The fourth-order valence-electron chi connectivity index (χ4n) is 3.03. The molecular formula is C19H23N3O2S. The third-order valence-corrected chi connectivity index (χ3v) is 5.32. The van der Waals surface area contributed by atoms with Crippen LogP contribution in [-0.2, 0) is 17.8 Å². The number of anilines is 1. The van der Waals surface area contributed by atoms with Gasteiger partial charge in [0.25, 0.3) is 5.91 Å². The molecule has 5 nitrogen and oxygen atoms in total. The Bertz CT molecular complexity index is 758. The van der Waals surface area contributed by atoms with Crippen molar-refractivity contribution in [1.29, 1.82) is 0 Å². The predicted molar refractivity (Wildman–Crippen MR) is 101 cm³/mol. The Labute approximate surface area is 152 Å². The summed E-state index contributed by atoms with van der Waals surface area (Å²) >= 11 is 1.36. The monoisotopic (exact) mass is 357 g/mol. The Hall–Kier alpha value is -2.34. The molecule has 0 aliphatic carbocycles. The number of hydrogen-bond acceptors (Lipinski definition) is 4. The highest BCUT2D eigenvalue weighted by Crippen LogP contribution is 2.26. The average molecular weight is 357 g/mol. The molecule has 0 saturated heterocycles. The molecule has 2 aromatic rings. The van der Waals surface area contributed by atoms with Gasteiger partial charge in [-0.25, -0.2) is 0 Å². The van der Waals surface area contributed by atoms with E-state index in [1.54, 1.807) is 13.0 Å². The number of aryl methyl sites for hydroxylation is 1. The van der Waals surface area contributed by atoms with Gasteiger partial charge in [0.05, 0.1) is 4.88 Å². The summed E-state index contributed by atoms with van der Waals surface area (Å²) in [7, 11) is 2.11. The van der Waals surface area contributed by atoms with Crippen LogP contribution >= 0.6 is 11.3 Å². The number of rotatable bonds is 5. The van der Waals surface area contributed by atoms with Crippen LogP contribution in [0.5, 0.6) is 0 Å². The Morgan fingerprint density at radius 2 is 2.16 bits per heavy atom. The molecule has 0 fully saturated rings. The molecule has 2 N–H and O–H groups in total. The summed E-state index contributed by atoms with van der Waals surface area (Å²) in [6.45, 7) is 3.25. The summed E-state index contributed by atoms with van der Waals surface area (Å²) in [6.07, 6.45) is 2.24. The molecule has 25 heavy (non-hydrogen) atoms. The van der Waals surface area contributed by atoms with E-state index < -0.39 is 6.04 Å². The van der Waals surface area contributed by atoms with Crippen LogP contribution in [0, 0.1) is 0 Å². The lowest BCUT2D eigenvalue weighted by atomic mass is 9.99. The average Bonchev–Trinajstić information content (AvgIpc) is 3.14. The molecule has 3 rings (SSSR count). The number of fused-ring (bicyclic) bond motifs is 1. The molecule has 2 amide bonds. The van der Waals surface area contributed by atoms with Crippen LogP contribution in [0.2, 0.25) is 0 Å². The number of thiophene rings is 1. The van der Waals surface area contributed by atoms with Gasteiger partial charge >= 0.3 is 0 Å². The SMILES string of the molecule is CC(NC(=O)c1cccs1)C(=O)NCc1ccc2c(c1)CCCN2C. The first-order chi connectivity index (χ1) is 12.0. The standard InChI is InChI=1S/C19H23N3O2S/c1-13(21-19(24)17-6-4-10-25-17)18(23)20-12-14-7-8-16-15(11-14)5-3-9-22(16)2/h4,6-8,10-11,13H,3,5,9,12H2,1-2H3,(H,20,23)(H,21,24). The van der Waals surface area contributed by atoms with Crippen molar-refractivity contribution < 1.29 is 9.59 Å². The first-order valence-electron chi connectivity index (χ1n) is 8.49. The largest absolute Gasteiger partial charge is 0.374 e. The van der Waals surface area contributed by atoms with Crippen LogP contribution in [0.4, 0.5) is 5.69 Å². The Balaban J connectivity index is 1.54. The maximum absolute atomic E-state index is 12.2. The normalized spacial score (nSPS) is 14.6. The molecule has 1 aromatic carbocycles. The van der Waals surface area contributed by atoms with Gasteiger partial charge in [-0.05, 0) is 48.4 Å². The number of carbonyl (C=O) groups excluding carboxylic acids is 2. The number of nitrogens with zero attached hydrogens (tertiary/aromatic N) is 1. The van der Waals surface area contributed by atoms with E-state index in [-0.39, 0.29) is 11.8 Å². The third kappa shape index (κ3) is 4.20. The molecule has 0 radical (unpaired) electrons. The fraction of sp³-hybridized carbons (Fsp3) is 0.368. The second kappa shape index (κ2) is 7.70. The van der Waals surface area contributed by atoms with Gasteiger partial charge in [-0.2, -0.15) is 0 Å². The molecule has 1 aliphatic heterocycles. The minimum absolute atomic E-state index is 0.181. The van der Waals surface area contributed by atoms with Crippen LogP contribution in [0.1, 0.15) is 34.1 Å². The first kappa shape index (κ1) is 17.5.